The van der Waals surface area contributed by atoms with Crippen molar-refractivity contribution in [1.29, 1.82) is 0 Å². The predicted octanol–water partition coefficient (Wildman–Crippen LogP) is 1.71. The summed E-state index contributed by atoms with van der Waals surface area (Å²) in [7, 11) is -0.849. The monoisotopic (exact) mass is 257 g/mol. The smallest absolute Gasteiger partial charge is 0.251 e. The Kier molecular flexibility index (Phi) is 5.28. The lowest BCUT2D eigenvalue weighted by atomic mass is 10.2. The van der Waals surface area contributed by atoms with Gasteiger partial charge in [0.05, 0.1) is 0 Å². The van der Waals surface area contributed by atoms with Gasteiger partial charge in [-0.05, 0) is 37.6 Å². The van der Waals surface area contributed by atoms with Gasteiger partial charge in [0, 0.05) is 34.4 Å². The van der Waals surface area contributed by atoms with Crippen molar-refractivity contribution < 1.29 is 13.4 Å². The van der Waals surface area contributed by atoms with Crippen LogP contribution in [0.3, 0.4) is 0 Å². The van der Waals surface area contributed by atoms with Gasteiger partial charge in [0.25, 0.3) is 5.91 Å². The molecule has 0 aliphatic rings. The molecular formula is C12H16FNO2S. The van der Waals surface area contributed by atoms with Crippen LogP contribution in [0.25, 0.3) is 0 Å². The standard InChI is InChI=1S/C12H16FNO2S/c1-9(7-8-17(2)16)14-12(15)10-3-5-11(13)6-4-10/h3-6,9H,7-8H2,1-2H3,(H,14,15). The molecule has 0 heterocycles. The van der Waals surface area contributed by atoms with Gasteiger partial charge in [-0.2, -0.15) is 0 Å². The summed E-state index contributed by atoms with van der Waals surface area (Å²) in [6.45, 7) is 1.86. The second-order valence-corrected chi connectivity index (χ2v) is 5.50. The van der Waals surface area contributed by atoms with E-state index >= 15 is 0 Å². The van der Waals surface area contributed by atoms with Gasteiger partial charge in [-0.1, -0.05) is 0 Å². The number of rotatable bonds is 5. The van der Waals surface area contributed by atoms with E-state index in [-0.39, 0.29) is 17.8 Å². The molecule has 0 aliphatic carbocycles. The van der Waals surface area contributed by atoms with Gasteiger partial charge >= 0.3 is 0 Å². The van der Waals surface area contributed by atoms with Gasteiger partial charge in [0.15, 0.2) is 0 Å². The van der Waals surface area contributed by atoms with Crippen LogP contribution in [0.4, 0.5) is 4.39 Å². The summed E-state index contributed by atoms with van der Waals surface area (Å²) in [5.41, 5.74) is 0.427. The van der Waals surface area contributed by atoms with Crippen molar-refractivity contribution in [2.75, 3.05) is 12.0 Å². The largest absolute Gasteiger partial charge is 0.350 e. The van der Waals surface area contributed by atoms with E-state index in [9.17, 15) is 13.4 Å². The molecule has 1 amide bonds. The lowest BCUT2D eigenvalue weighted by Gasteiger charge is -2.13. The van der Waals surface area contributed by atoms with Crippen molar-refractivity contribution in [2.24, 2.45) is 0 Å². The highest BCUT2D eigenvalue weighted by Gasteiger charge is 2.09. The summed E-state index contributed by atoms with van der Waals surface area (Å²) in [5, 5.41) is 2.78. The third kappa shape index (κ3) is 5.08. The first kappa shape index (κ1) is 13.8. The number of hydrogen-bond acceptors (Lipinski definition) is 2. The molecule has 1 N–H and O–H groups in total. The molecule has 1 aromatic carbocycles. The van der Waals surface area contributed by atoms with E-state index < -0.39 is 10.8 Å². The zero-order valence-electron chi connectivity index (χ0n) is 9.90. The van der Waals surface area contributed by atoms with Crippen molar-refractivity contribution in [3.63, 3.8) is 0 Å². The van der Waals surface area contributed by atoms with Crippen LogP contribution in [-0.2, 0) is 10.8 Å². The van der Waals surface area contributed by atoms with Crippen LogP contribution in [0.1, 0.15) is 23.7 Å². The van der Waals surface area contributed by atoms with Gasteiger partial charge in [-0.15, -0.1) is 0 Å². The van der Waals surface area contributed by atoms with Crippen molar-refractivity contribution in [1.82, 2.24) is 5.32 Å². The first-order chi connectivity index (χ1) is 7.99. The summed E-state index contributed by atoms with van der Waals surface area (Å²) < 4.78 is 23.6. The molecule has 0 saturated carbocycles. The molecule has 2 unspecified atom stereocenters. The highest BCUT2D eigenvalue weighted by Crippen LogP contribution is 2.03. The molecule has 1 rings (SSSR count). The Hall–Kier alpha value is -1.23. The van der Waals surface area contributed by atoms with Crippen LogP contribution >= 0.6 is 0 Å². The summed E-state index contributed by atoms with van der Waals surface area (Å²) in [5.74, 6) is -0.0411. The number of amides is 1. The molecule has 0 aliphatic heterocycles. The van der Waals surface area contributed by atoms with E-state index in [0.29, 0.717) is 17.7 Å². The lowest BCUT2D eigenvalue weighted by molar-refractivity contribution is 0.0939. The molecule has 0 spiro atoms. The Morgan fingerprint density at radius 2 is 2.00 bits per heavy atom. The van der Waals surface area contributed by atoms with E-state index in [1.807, 2.05) is 6.92 Å². The number of carbonyl (C=O) groups excluding carboxylic acids is 1. The molecular weight excluding hydrogens is 241 g/mol. The quantitative estimate of drug-likeness (QED) is 0.873. The first-order valence-electron chi connectivity index (χ1n) is 5.35. The second-order valence-electron chi connectivity index (χ2n) is 3.95. The maximum Gasteiger partial charge on any atom is 0.251 e. The topological polar surface area (TPSA) is 46.2 Å². The molecule has 0 fully saturated rings. The van der Waals surface area contributed by atoms with Crippen molar-refractivity contribution >= 4 is 16.7 Å². The molecule has 5 heteroatoms. The summed E-state index contributed by atoms with van der Waals surface area (Å²) >= 11 is 0. The molecule has 0 radical (unpaired) electrons. The average Bonchev–Trinajstić information content (AvgIpc) is 2.27. The zero-order chi connectivity index (χ0) is 12.8. The number of halogens is 1. The van der Waals surface area contributed by atoms with E-state index in [4.69, 9.17) is 0 Å². The Balaban J connectivity index is 2.48. The zero-order valence-corrected chi connectivity index (χ0v) is 10.7. The molecule has 2 atom stereocenters. The number of hydrogen-bond donors (Lipinski definition) is 1. The highest BCUT2D eigenvalue weighted by atomic mass is 32.2. The number of carbonyl (C=O) groups is 1. The first-order valence-corrected chi connectivity index (χ1v) is 7.08. The molecule has 94 valence electrons. The molecule has 0 bridgehead atoms. The second kappa shape index (κ2) is 6.49. The number of nitrogens with one attached hydrogen (secondary N) is 1. The number of benzene rings is 1. The third-order valence-electron chi connectivity index (χ3n) is 2.32. The van der Waals surface area contributed by atoms with E-state index in [1.54, 1.807) is 6.26 Å². The average molecular weight is 257 g/mol. The predicted molar refractivity (Wildman–Crippen MR) is 66.9 cm³/mol. The van der Waals surface area contributed by atoms with Crippen molar-refractivity contribution in [2.45, 2.75) is 19.4 Å². The van der Waals surface area contributed by atoms with Crippen molar-refractivity contribution in [3.8, 4) is 0 Å². The lowest BCUT2D eigenvalue weighted by Crippen LogP contribution is -2.33. The minimum absolute atomic E-state index is 0.0450. The van der Waals surface area contributed by atoms with Crippen LogP contribution in [0.15, 0.2) is 24.3 Å². The molecule has 0 aromatic heterocycles. The fourth-order valence-electron chi connectivity index (χ4n) is 1.32. The van der Waals surface area contributed by atoms with Crippen LogP contribution in [0.2, 0.25) is 0 Å². The summed E-state index contributed by atoms with van der Waals surface area (Å²) in [6.07, 6.45) is 2.30. The third-order valence-corrected chi connectivity index (χ3v) is 3.13. The maximum absolute atomic E-state index is 12.7. The maximum atomic E-state index is 12.7. The van der Waals surface area contributed by atoms with E-state index in [2.05, 4.69) is 5.32 Å². The summed E-state index contributed by atoms with van der Waals surface area (Å²) in [6, 6.07) is 5.34. The van der Waals surface area contributed by atoms with Crippen LogP contribution in [0.5, 0.6) is 0 Å². The summed E-state index contributed by atoms with van der Waals surface area (Å²) in [4.78, 5) is 11.7. The van der Waals surface area contributed by atoms with E-state index in [0.717, 1.165) is 0 Å². The Morgan fingerprint density at radius 3 is 2.53 bits per heavy atom. The van der Waals surface area contributed by atoms with Crippen molar-refractivity contribution in [3.05, 3.63) is 35.6 Å². The minimum atomic E-state index is -0.849. The van der Waals surface area contributed by atoms with Crippen LogP contribution in [0, 0.1) is 5.82 Å². The van der Waals surface area contributed by atoms with Gasteiger partial charge in [-0.25, -0.2) is 4.39 Å². The normalized spacial score (nSPS) is 14.1. The van der Waals surface area contributed by atoms with Gasteiger partial charge in [-0.3, -0.25) is 9.00 Å². The molecule has 17 heavy (non-hydrogen) atoms. The Morgan fingerprint density at radius 1 is 1.41 bits per heavy atom. The fourth-order valence-corrected chi connectivity index (χ4v) is 2.01. The molecule has 0 saturated heterocycles. The SMILES string of the molecule is CC(CCS(C)=O)NC(=O)c1ccc(F)cc1. The van der Waals surface area contributed by atoms with Gasteiger partial charge in [0.2, 0.25) is 0 Å². The Bertz CT molecular complexity index is 405. The van der Waals surface area contributed by atoms with Gasteiger partial charge in [0.1, 0.15) is 5.82 Å². The minimum Gasteiger partial charge on any atom is -0.350 e. The van der Waals surface area contributed by atoms with Gasteiger partial charge < -0.3 is 5.32 Å². The highest BCUT2D eigenvalue weighted by molar-refractivity contribution is 7.84. The van der Waals surface area contributed by atoms with Crippen LogP contribution in [-0.4, -0.2) is 28.2 Å². The fraction of sp³-hybridized carbons (Fsp3) is 0.417. The Labute approximate surface area is 103 Å². The molecule has 1 aromatic rings. The molecule has 3 nitrogen and oxygen atoms in total. The van der Waals surface area contributed by atoms with Crippen LogP contribution < -0.4 is 5.32 Å². The van der Waals surface area contributed by atoms with E-state index in [1.165, 1.54) is 24.3 Å².